The van der Waals surface area contributed by atoms with Crippen LogP contribution in [0.5, 0.6) is 0 Å². The zero-order valence-electron chi connectivity index (χ0n) is 6.00. The third-order valence-electron chi connectivity index (χ3n) is 1.52. The number of nitriles is 2. The van der Waals surface area contributed by atoms with Gasteiger partial charge in [0.05, 0.1) is 0 Å². The van der Waals surface area contributed by atoms with Crippen LogP contribution in [-0.4, -0.2) is 18.2 Å². The molecule has 1 aliphatic rings. The fourth-order valence-electron chi connectivity index (χ4n) is 0.849. The maximum absolute atomic E-state index is 8.56. The molecule has 1 atom stereocenters. The maximum Gasteiger partial charge on any atom is 0.153 e. The van der Waals surface area contributed by atoms with Crippen molar-refractivity contribution in [2.45, 2.75) is 6.29 Å². The molecule has 0 amide bonds. The standard InChI is InChI=1S/C6H7N5/c1-11-5(3-8)4(2-7)10-6(11)9/h6,10H,9H2,1H3. The van der Waals surface area contributed by atoms with Gasteiger partial charge in [0.1, 0.15) is 12.1 Å². The monoisotopic (exact) mass is 149 g/mol. The number of nitrogens with one attached hydrogen (secondary N) is 1. The summed E-state index contributed by atoms with van der Waals surface area (Å²) in [5.74, 6) is 0. The van der Waals surface area contributed by atoms with Crippen molar-refractivity contribution >= 4 is 0 Å². The summed E-state index contributed by atoms with van der Waals surface area (Å²) in [6, 6.07) is 3.74. The van der Waals surface area contributed by atoms with E-state index in [4.69, 9.17) is 16.3 Å². The van der Waals surface area contributed by atoms with Crippen LogP contribution in [0.25, 0.3) is 0 Å². The van der Waals surface area contributed by atoms with Gasteiger partial charge in [-0.3, -0.25) is 5.73 Å². The Kier molecular flexibility index (Phi) is 1.67. The molecule has 0 aromatic heterocycles. The van der Waals surface area contributed by atoms with Gasteiger partial charge in [-0.1, -0.05) is 0 Å². The predicted molar refractivity (Wildman–Crippen MR) is 37.1 cm³/mol. The average Bonchev–Trinajstić information content (AvgIpc) is 2.28. The van der Waals surface area contributed by atoms with E-state index in [1.54, 1.807) is 7.05 Å². The molecule has 5 heteroatoms. The van der Waals surface area contributed by atoms with Gasteiger partial charge in [-0.05, 0) is 0 Å². The van der Waals surface area contributed by atoms with Crippen molar-refractivity contribution in [2.75, 3.05) is 7.05 Å². The Balaban J connectivity index is 3.00. The number of allylic oxidation sites excluding steroid dienone is 2. The number of rotatable bonds is 0. The van der Waals surface area contributed by atoms with Gasteiger partial charge in [0.25, 0.3) is 0 Å². The smallest absolute Gasteiger partial charge is 0.153 e. The highest BCUT2D eigenvalue weighted by Gasteiger charge is 2.24. The zero-order valence-corrected chi connectivity index (χ0v) is 6.00. The summed E-state index contributed by atoms with van der Waals surface area (Å²) >= 11 is 0. The Labute approximate surface area is 64.3 Å². The van der Waals surface area contributed by atoms with Crippen LogP contribution in [0, 0.1) is 22.7 Å². The van der Waals surface area contributed by atoms with Crippen LogP contribution in [0.15, 0.2) is 11.4 Å². The van der Waals surface area contributed by atoms with E-state index >= 15 is 0 Å². The first-order chi connectivity index (χ1) is 5.20. The summed E-state index contributed by atoms with van der Waals surface area (Å²) in [6.45, 7) is 0. The second-order valence-electron chi connectivity index (χ2n) is 2.15. The van der Waals surface area contributed by atoms with Crippen molar-refractivity contribution < 1.29 is 0 Å². The first-order valence-corrected chi connectivity index (χ1v) is 3.00. The van der Waals surface area contributed by atoms with Gasteiger partial charge in [0.15, 0.2) is 17.7 Å². The lowest BCUT2D eigenvalue weighted by Crippen LogP contribution is -2.42. The van der Waals surface area contributed by atoms with Crippen LogP contribution in [0.3, 0.4) is 0 Å². The van der Waals surface area contributed by atoms with E-state index in [2.05, 4.69) is 5.32 Å². The molecular weight excluding hydrogens is 142 g/mol. The number of nitrogens with zero attached hydrogens (tertiary/aromatic N) is 3. The van der Waals surface area contributed by atoms with E-state index in [9.17, 15) is 0 Å². The normalized spacial score (nSPS) is 22.5. The molecule has 0 aromatic rings. The molecule has 0 spiro atoms. The summed E-state index contributed by atoms with van der Waals surface area (Å²) in [7, 11) is 1.65. The van der Waals surface area contributed by atoms with Crippen LogP contribution in [0.2, 0.25) is 0 Å². The molecule has 0 aromatic carbocycles. The quantitative estimate of drug-likeness (QED) is 0.462. The highest BCUT2D eigenvalue weighted by atomic mass is 15.4. The molecule has 0 saturated carbocycles. The van der Waals surface area contributed by atoms with Crippen LogP contribution in [-0.2, 0) is 0 Å². The van der Waals surface area contributed by atoms with Crippen molar-refractivity contribution in [3.05, 3.63) is 11.4 Å². The summed E-state index contributed by atoms with van der Waals surface area (Å²) in [6.07, 6.45) is -0.459. The second-order valence-corrected chi connectivity index (χ2v) is 2.15. The maximum atomic E-state index is 8.56. The van der Waals surface area contributed by atoms with E-state index in [-0.39, 0.29) is 5.70 Å². The zero-order chi connectivity index (χ0) is 8.43. The highest BCUT2D eigenvalue weighted by molar-refractivity contribution is 5.38. The third-order valence-corrected chi connectivity index (χ3v) is 1.52. The van der Waals surface area contributed by atoms with Crippen molar-refractivity contribution in [1.82, 2.24) is 10.2 Å². The van der Waals surface area contributed by atoms with Crippen molar-refractivity contribution in [3.8, 4) is 12.1 Å². The van der Waals surface area contributed by atoms with Crippen molar-refractivity contribution in [2.24, 2.45) is 5.73 Å². The highest BCUT2D eigenvalue weighted by Crippen LogP contribution is 2.13. The first-order valence-electron chi connectivity index (χ1n) is 3.00. The molecule has 0 bridgehead atoms. The lowest BCUT2D eigenvalue weighted by Gasteiger charge is -2.16. The lowest BCUT2D eigenvalue weighted by atomic mass is 10.4. The van der Waals surface area contributed by atoms with Gasteiger partial charge in [-0.25, -0.2) is 0 Å². The largest absolute Gasteiger partial charge is 0.342 e. The van der Waals surface area contributed by atoms with Crippen LogP contribution < -0.4 is 11.1 Å². The molecule has 0 fully saturated rings. The van der Waals surface area contributed by atoms with E-state index in [0.29, 0.717) is 5.70 Å². The van der Waals surface area contributed by atoms with Crippen LogP contribution in [0.4, 0.5) is 0 Å². The van der Waals surface area contributed by atoms with Crippen LogP contribution >= 0.6 is 0 Å². The number of hydrogen-bond acceptors (Lipinski definition) is 5. The molecule has 1 heterocycles. The van der Waals surface area contributed by atoms with Crippen LogP contribution in [0.1, 0.15) is 0 Å². The second kappa shape index (κ2) is 2.49. The van der Waals surface area contributed by atoms with Gasteiger partial charge in [-0.15, -0.1) is 0 Å². The van der Waals surface area contributed by atoms with E-state index < -0.39 is 6.29 Å². The SMILES string of the molecule is CN1C(C#N)=C(C#N)NC1N. The average molecular weight is 149 g/mol. The summed E-state index contributed by atoms with van der Waals surface area (Å²) in [5, 5.41) is 19.7. The predicted octanol–water partition coefficient (Wildman–Crippen LogP) is -0.978. The third kappa shape index (κ3) is 0.977. The molecule has 56 valence electrons. The van der Waals surface area contributed by atoms with Gasteiger partial charge < -0.3 is 10.2 Å². The van der Waals surface area contributed by atoms with E-state index in [0.717, 1.165) is 0 Å². The lowest BCUT2D eigenvalue weighted by molar-refractivity contribution is 0.327. The van der Waals surface area contributed by atoms with Gasteiger partial charge in [-0.2, -0.15) is 10.5 Å². The number of hydrogen-bond donors (Lipinski definition) is 2. The molecule has 1 aliphatic heterocycles. The Morgan fingerprint density at radius 2 is 2.18 bits per heavy atom. The molecule has 0 aliphatic carbocycles. The molecule has 11 heavy (non-hydrogen) atoms. The molecule has 3 N–H and O–H groups in total. The minimum atomic E-state index is -0.459. The summed E-state index contributed by atoms with van der Waals surface area (Å²) in [4.78, 5) is 1.51. The summed E-state index contributed by atoms with van der Waals surface area (Å²) < 4.78 is 0. The number of nitrogens with two attached hydrogens (primary N) is 1. The van der Waals surface area contributed by atoms with E-state index in [1.807, 2.05) is 12.1 Å². The fraction of sp³-hybridized carbons (Fsp3) is 0.333. The first kappa shape index (κ1) is 7.39. The van der Waals surface area contributed by atoms with Gasteiger partial charge in [0, 0.05) is 7.05 Å². The molecule has 1 unspecified atom stereocenters. The Bertz CT molecular complexity index is 278. The molecular formula is C6H7N5. The van der Waals surface area contributed by atoms with E-state index in [1.165, 1.54) is 4.90 Å². The molecule has 0 saturated heterocycles. The Morgan fingerprint density at radius 3 is 2.55 bits per heavy atom. The van der Waals surface area contributed by atoms with Gasteiger partial charge in [0.2, 0.25) is 0 Å². The molecule has 0 radical (unpaired) electrons. The Hall–Kier alpha value is -1.72. The topological polar surface area (TPSA) is 88.9 Å². The molecule has 1 rings (SSSR count). The van der Waals surface area contributed by atoms with Crippen molar-refractivity contribution in [1.29, 1.82) is 10.5 Å². The minimum absolute atomic E-state index is 0.238. The minimum Gasteiger partial charge on any atom is -0.342 e. The van der Waals surface area contributed by atoms with Gasteiger partial charge >= 0.3 is 0 Å². The Morgan fingerprint density at radius 1 is 1.55 bits per heavy atom. The van der Waals surface area contributed by atoms with Crippen molar-refractivity contribution in [3.63, 3.8) is 0 Å². The summed E-state index contributed by atoms with van der Waals surface area (Å²) in [5.41, 5.74) is 6.01. The molecule has 5 nitrogen and oxygen atoms in total. The fourth-order valence-corrected chi connectivity index (χ4v) is 0.849.